The largest absolute Gasteiger partial charge is 0.389 e. The van der Waals surface area contributed by atoms with Gasteiger partial charge in [0, 0.05) is 6.04 Å². The summed E-state index contributed by atoms with van der Waals surface area (Å²) < 4.78 is 49.5. The summed E-state index contributed by atoms with van der Waals surface area (Å²) in [6.45, 7) is 1.54. The normalized spacial score (nSPS) is 23.6. The number of rotatable bonds is 4. The molecule has 1 aromatic rings. The zero-order chi connectivity index (χ0) is 15.0. The minimum atomic E-state index is -3.78. The van der Waals surface area contributed by atoms with Gasteiger partial charge in [0.2, 0.25) is 10.0 Å². The minimum Gasteiger partial charge on any atom is -0.389 e. The SMILES string of the molecule is CC(O)c1cccc(S(=O)(=O)NC2CCS(=O)(=O)C2)c1. The molecule has 6 nitrogen and oxygen atoms in total. The lowest BCUT2D eigenvalue weighted by molar-refractivity contribution is 0.199. The van der Waals surface area contributed by atoms with E-state index in [2.05, 4.69) is 4.72 Å². The van der Waals surface area contributed by atoms with Crippen molar-refractivity contribution in [2.45, 2.75) is 30.4 Å². The van der Waals surface area contributed by atoms with E-state index >= 15 is 0 Å². The summed E-state index contributed by atoms with van der Waals surface area (Å²) in [5.74, 6) is -0.157. The van der Waals surface area contributed by atoms with Gasteiger partial charge in [0.05, 0.1) is 22.5 Å². The second kappa shape index (κ2) is 5.44. The Kier molecular flexibility index (Phi) is 4.19. The third-order valence-electron chi connectivity index (χ3n) is 3.21. The van der Waals surface area contributed by atoms with E-state index in [0.717, 1.165) is 0 Å². The molecular formula is C12H17NO5S2. The summed E-state index contributed by atoms with van der Waals surface area (Å²) in [6.07, 6.45) is -0.477. The van der Waals surface area contributed by atoms with Gasteiger partial charge in [0.1, 0.15) is 0 Å². The number of aliphatic hydroxyl groups is 1. The fraction of sp³-hybridized carbons (Fsp3) is 0.500. The van der Waals surface area contributed by atoms with E-state index in [4.69, 9.17) is 0 Å². The van der Waals surface area contributed by atoms with Gasteiger partial charge in [-0.3, -0.25) is 0 Å². The lowest BCUT2D eigenvalue weighted by Crippen LogP contribution is -2.35. The van der Waals surface area contributed by atoms with Gasteiger partial charge >= 0.3 is 0 Å². The molecule has 2 unspecified atom stereocenters. The molecule has 0 amide bonds. The Hall–Kier alpha value is -0.960. The van der Waals surface area contributed by atoms with Crippen molar-refractivity contribution in [1.29, 1.82) is 0 Å². The van der Waals surface area contributed by atoms with Gasteiger partial charge in [-0.05, 0) is 31.0 Å². The first-order valence-corrected chi connectivity index (χ1v) is 9.51. The molecular weight excluding hydrogens is 302 g/mol. The van der Waals surface area contributed by atoms with Gasteiger partial charge in [-0.25, -0.2) is 21.6 Å². The molecule has 2 atom stereocenters. The lowest BCUT2D eigenvalue weighted by atomic mass is 10.1. The third-order valence-corrected chi connectivity index (χ3v) is 6.49. The molecule has 1 aromatic carbocycles. The van der Waals surface area contributed by atoms with Crippen molar-refractivity contribution >= 4 is 19.9 Å². The van der Waals surface area contributed by atoms with E-state index in [9.17, 15) is 21.9 Å². The summed E-state index contributed by atoms with van der Waals surface area (Å²) >= 11 is 0. The summed E-state index contributed by atoms with van der Waals surface area (Å²) in [7, 11) is -6.91. The van der Waals surface area contributed by atoms with Crippen LogP contribution in [0, 0.1) is 0 Å². The molecule has 8 heteroatoms. The van der Waals surface area contributed by atoms with Crippen molar-refractivity contribution in [3.05, 3.63) is 29.8 Å². The van der Waals surface area contributed by atoms with Crippen LogP contribution in [-0.4, -0.2) is 39.5 Å². The topological polar surface area (TPSA) is 101 Å². The summed E-state index contributed by atoms with van der Waals surface area (Å²) in [5.41, 5.74) is 0.493. The zero-order valence-electron chi connectivity index (χ0n) is 11.0. The summed E-state index contributed by atoms with van der Waals surface area (Å²) in [5, 5.41) is 9.47. The average molecular weight is 319 g/mol. The Labute approximate surface area is 118 Å². The monoisotopic (exact) mass is 319 g/mol. The number of hydrogen-bond acceptors (Lipinski definition) is 5. The highest BCUT2D eigenvalue weighted by atomic mass is 32.2. The Morgan fingerprint density at radius 3 is 2.65 bits per heavy atom. The highest BCUT2D eigenvalue weighted by Gasteiger charge is 2.31. The van der Waals surface area contributed by atoms with Crippen molar-refractivity contribution < 1.29 is 21.9 Å². The Balaban J connectivity index is 2.21. The zero-order valence-corrected chi connectivity index (χ0v) is 12.6. The number of aliphatic hydroxyl groups excluding tert-OH is 1. The molecule has 0 aromatic heterocycles. The summed E-state index contributed by atoms with van der Waals surface area (Å²) in [4.78, 5) is 0.0280. The van der Waals surface area contributed by atoms with Gasteiger partial charge in [-0.1, -0.05) is 12.1 Å². The molecule has 1 aliphatic rings. The minimum absolute atomic E-state index is 0.00784. The molecule has 0 aliphatic carbocycles. The van der Waals surface area contributed by atoms with Crippen LogP contribution in [0.2, 0.25) is 0 Å². The van der Waals surface area contributed by atoms with E-state index in [0.29, 0.717) is 5.56 Å². The second-order valence-electron chi connectivity index (χ2n) is 4.97. The first-order valence-electron chi connectivity index (χ1n) is 6.20. The predicted octanol–water partition coefficient (Wildman–Crippen LogP) is 0.205. The maximum atomic E-state index is 12.2. The van der Waals surface area contributed by atoms with Crippen molar-refractivity contribution in [3.63, 3.8) is 0 Å². The quantitative estimate of drug-likeness (QED) is 0.826. The third kappa shape index (κ3) is 3.57. The summed E-state index contributed by atoms with van der Waals surface area (Å²) in [6, 6.07) is 5.39. The molecule has 0 spiro atoms. The molecule has 0 bridgehead atoms. The van der Waals surface area contributed by atoms with E-state index in [1.165, 1.54) is 12.1 Å². The van der Waals surface area contributed by atoms with Gasteiger partial charge in [-0.2, -0.15) is 0 Å². The molecule has 2 rings (SSSR count). The Bertz CT molecular complexity index is 694. The lowest BCUT2D eigenvalue weighted by Gasteiger charge is -2.13. The van der Waals surface area contributed by atoms with Crippen LogP contribution in [0.1, 0.15) is 25.0 Å². The van der Waals surface area contributed by atoms with Gasteiger partial charge < -0.3 is 5.11 Å². The molecule has 0 saturated carbocycles. The van der Waals surface area contributed by atoms with E-state index in [1.807, 2.05) is 0 Å². The molecule has 1 aliphatic heterocycles. The number of sulfonamides is 1. The first-order chi connectivity index (χ1) is 9.20. The number of benzene rings is 1. The maximum absolute atomic E-state index is 12.2. The van der Waals surface area contributed by atoms with E-state index in [1.54, 1.807) is 19.1 Å². The molecule has 1 saturated heterocycles. The standard InChI is InChI=1S/C12H17NO5S2/c1-9(14)10-3-2-4-12(7-10)20(17,18)13-11-5-6-19(15,16)8-11/h2-4,7,9,11,13-14H,5-6,8H2,1H3. The van der Waals surface area contributed by atoms with Crippen LogP contribution in [0.3, 0.4) is 0 Å². The Morgan fingerprint density at radius 1 is 1.40 bits per heavy atom. The van der Waals surface area contributed by atoms with Crippen LogP contribution in [0.15, 0.2) is 29.2 Å². The van der Waals surface area contributed by atoms with Crippen molar-refractivity contribution in [2.24, 2.45) is 0 Å². The van der Waals surface area contributed by atoms with Crippen LogP contribution >= 0.6 is 0 Å². The Morgan fingerprint density at radius 2 is 2.10 bits per heavy atom. The number of nitrogens with one attached hydrogen (secondary N) is 1. The van der Waals surface area contributed by atoms with Crippen molar-refractivity contribution in [1.82, 2.24) is 4.72 Å². The molecule has 1 fully saturated rings. The fourth-order valence-corrected chi connectivity index (χ4v) is 5.22. The molecule has 1 heterocycles. The smallest absolute Gasteiger partial charge is 0.240 e. The molecule has 2 N–H and O–H groups in total. The second-order valence-corrected chi connectivity index (χ2v) is 8.91. The van der Waals surface area contributed by atoms with Crippen LogP contribution in [-0.2, 0) is 19.9 Å². The van der Waals surface area contributed by atoms with E-state index in [-0.39, 0.29) is 22.8 Å². The average Bonchev–Trinajstić information content (AvgIpc) is 2.68. The molecule has 112 valence electrons. The first kappa shape index (κ1) is 15.4. The van der Waals surface area contributed by atoms with Crippen LogP contribution in [0.5, 0.6) is 0 Å². The van der Waals surface area contributed by atoms with Gasteiger partial charge in [-0.15, -0.1) is 0 Å². The fourth-order valence-electron chi connectivity index (χ4n) is 2.12. The molecule has 0 radical (unpaired) electrons. The highest BCUT2D eigenvalue weighted by molar-refractivity contribution is 7.92. The predicted molar refractivity (Wildman–Crippen MR) is 74.5 cm³/mol. The van der Waals surface area contributed by atoms with Crippen LogP contribution in [0.25, 0.3) is 0 Å². The molecule has 20 heavy (non-hydrogen) atoms. The number of hydrogen-bond donors (Lipinski definition) is 2. The van der Waals surface area contributed by atoms with Crippen molar-refractivity contribution in [2.75, 3.05) is 11.5 Å². The van der Waals surface area contributed by atoms with Crippen LogP contribution in [0.4, 0.5) is 0 Å². The van der Waals surface area contributed by atoms with Crippen LogP contribution < -0.4 is 4.72 Å². The van der Waals surface area contributed by atoms with E-state index < -0.39 is 32.0 Å². The maximum Gasteiger partial charge on any atom is 0.240 e. The highest BCUT2D eigenvalue weighted by Crippen LogP contribution is 2.19. The van der Waals surface area contributed by atoms with Crippen molar-refractivity contribution in [3.8, 4) is 0 Å². The van der Waals surface area contributed by atoms with Gasteiger partial charge in [0.15, 0.2) is 9.84 Å². The number of sulfone groups is 1. The van der Waals surface area contributed by atoms with Gasteiger partial charge in [0.25, 0.3) is 0 Å².